The molecule has 0 spiro atoms. The van der Waals surface area contributed by atoms with Crippen molar-refractivity contribution in [2.24, 2.45) is 0 Å². The van der Waals surface area contributed by atoms with Gasteiger partial charge in [-0.2, -0.15) is 5.26 Å². The van der Waals surface area contributed by atoms with E-state index >= 15 is 0 Å². The molecule has 0 aliphatic heterocycles. The lowest BCUT2D eigenvalue weighted by atomic mass is 9.96. The van der Waals surface area contributed by atoms with Crippen LogP contribution in [0, 0.1) is 11.3 Å². The van der Waals surface area contributed by atoms with E-state index in [1.165, 1.54) is 0 Å². The van der Waals surface area contributed by atoms with Gasteiger partial charge in [0.25, 0.3) is 0 Å². The molecule has 0 radical (unpaired) electrons. The topological polar surface area (TPSA) is 71.3 Å². The van der Waals surface area contributed by atoms with Crippen LogP contribution in [0.15, 0.2) is 42.5 Å². The van der Waals surface area contributed by atoms with Crippen LogP contribution in [-0.4, -0.2) is 20.1 Å². The summed E-state index contributed by atoms with van der Waals surface area (Å²) in [7, 11) is 3.19. The Morgan fingerprint density at radius 2 is 1.96 bits per heavy atom. The summed E-state index contributed by atoms with van der Waals surface area (Å²) in [5.74, 6) is 1.20. The fraction of sp³-hybridized carbons (Fsp3) is 0.263. The fourth-order valence-electron chi connectivity index (χ4n) is 2.50. The van der Waals surface area contributed by atoms with Crippen molar-refractivity contribution in [1.29, 1.82) is 5.26 Å². The predicted molar refractivity (Wildman–Crippen MR) is 92.4 cm³/mol. The van der Waals surface area contributed by atoms with Gasteiger partial charge in [0.2, 0.25) is 5.91 Å². The summed E-state index contributed by atoms with van der Waals surface area (Å²) in [6.45, 7) is 1.96. The van der Waals surface area contributed by atoms with Crippen LogP contribution in [-0.2, 0) is 4.79 Å². The Bertz CT molecular complexity index is 765. The molecule has 0 fully saturated rings. The standard InChI is InChI=1S/C19H20N2O3/c1-13(16-9-8-15(23-2)11-18(16)24-3)10-19(22)21-17-7-5-4-6-14(17)12-20/h4-9,11,13H,10H2,1-3H3,(H,21,22). The smallest absolute Gasteiger partial charge is 0.225 e. The molecule has 0 aromatic heterocycles. The highest BCUT2D eigenvalue weighted by Crippen LogP contribution is 2.32. The maximum absolute atomic E-state index is 12.3. The average Bonchev–Trinajstić information content (AvgIpc) is 2.61. The van der Waals surface area contributed by atoms with Crippen molar-refractivity contribution in [1.82, 2.24) is 0 Å². The number of nitriles is 1. The van der Waals surface area contributed by atoms with Gasteiger partial charge in [-0.25, -0.2) is 0 Å². The van der Waals surface area contributed by atoms with Crippen molar-refractivity contribution in [3.8, 4) is 17.6 Å². The molecule has 2 rings (SSSR count). The Balaban J connectivity index is 2.10. The van der Waals surface area contributed by atoms with Crippen LogP contribution < -0.4 is 14.8 Å². The maximum Gasteiger partial charge on any atom is 0.225 e. The Morgan fingerprint density at radius 3 is 2.62 bits per heavy atom. The van der Waals surface area contributed by atoms with E-state index in [9.17, 15) is 4.79 Å². The molecule has 1 atom stereocenters. The van der Waals surface area contributed by atoms with Gasteiger partial charge >= 0.3 is 0 Å². The highest BCUT2D eigenvalue weighted by Gasteiger charge is 2.17. The van der Waals surface area contributed by atoms with Crippen molar-refractivity contribution in [3.63, 3.8) is 0 Å². The lowest BCUT2D eigenvalue weighted by molar-refractivity contribution is -0.116. The zero-order valence-electron chi connectivity index (χ0n) is 14.0. The molecule has 2 aromatic carbocycles. The molecule has 24 heavy (non-hydrogen) atoms. The van der Waals surface area contributed by atoms with Gasteiger partial charge in [-0.1, -0.05) is 25.1 Å². The summed E-state index contributed by atoms with van der Waals surface area (Å²) >= 11 is 0. The molecule has 0 bridgehead atoms. The number of ether oxygens (including phenoxy) is 2. The minimum atomic E-state index is -0.150. The van der Waals surface area contributed by atoms with E-state index in [0.717, 1.165) is 5.56 Å². The molecule has 0 aliphatic carbocycles. The quantitative estimate of drug-likeness (QED) is 0.879. The molecule has 124 valence electrons. The zero-order chi connectivity index (χ0) is 17.5. The summed E-state index contributed by atoms with van der Waals surface area (Å²) in [6.07, 6.45) is 0.280. The number of para-hydroxylation sites is 1. The van der Waals surface area contributed by atoms with E-state index in [1.54, 1.807) is 44.6 Å². The molecule has 1 amide bonds. The summed E-state index contributed by atoms with van der Waals surface area (Å²) in [5, 5.41) is 11.9. The lowest BCUT2D eigenvalue weighted by Crippen LogP contribution is -2.15. The number of carbonyl (C=O) groups is 1. The molecule has 0 saturated carbocycles. The number of carbonyl (C=O) groups excluding carboxylic acids is 1. The summed E-state index contributed by atoms with van der Waals surface area (Å²) in [4.78, 5) is 12.3. The highest BCUT2D eigenvalue weighted by molar-refractivity contribution is 5.92. The molecule has 0 heterocycles. The Kier molecular flexibility index (Phi) is 5.80. The number of benzene rings is 2. The third kappa shape index (κ3) is 4.05. The zero-order valence-corrected chi connectivity index (χ0v) is 14.0. The minimum Gasteiger partial charge on any atom is -0.497 e. The number of hydrogen-bond donors (Lipinski definition) is 1. The maximum atomic E-state index is 12.3. The largest absolute Gasteiger partial charge is 0.497 e. The average molecular weight is 324 g/mol. The Hall–Kier alpha value is -3.00. The minimum absolute atomic E-state index is 0.0416. The second kappa shape index (κ2) is 8.02. The first-order chi connectivity index (χ1) is 11.6. The third-order valence-corrected chi connectivity index (χ3v) is 3.78. The van der Waals surface area contributed by atoms with E-state index in [0.29, 0.717) is 22.7 Å². The van der Waals surface area contributed by atoms with Crippen LogP contribution >= 0.6 is 0 Å². The van der Waals surface area contributed by atoms with Gasteiger partial charge in [0.05, 0.1) is 25.5 Å². The van der Waals surface area contributed by atoms with E-state index < -0.39 is 0 Å². The second-order valence-electron chi connectivity index (χ2n) is 5.42. The van der Waals surface area contributed by atoms with Gasteiger partial charge in [-0.3, -0.25) is 4.79 Å². The van der Waals surface area contributed by atoms with Crippen molar-refractivity contribution >= 4 is 11.6 Å². The monoisotopic (exact) mass is 324 g/mol. The second-order valence-corrected chi connectivity index (χ2v) is 5.42. The molecule has 0 aliphatic rings. The van der Waals surface area contributed by atoms with E-state index in [4.69, 9.17) is 14.7 Å². The number of nitrogens with one attached hydrogen (secondary N) is 1. The van der Waals surface area contributed by atoms with Crippen LogP contribution in [0.4, 0.5) is 5.69 Å². The van der Waals surface area contributed by atoms with E-state index in [-0.39, 0.29) is 18.2 Å². The lowest BCUT2D eigenvalue weighted by Gasteiger charge is -2.16. The first kappa shape index (κ1) is 17.4. The summed E-state index contributed by atoms with van der Waals surface area (Å²) in [6, 6.07) is 14.6. The first-order valence-corrected chi connectivity index (χ1v) is 7.60. The molecule has 1 N–H and O–H groups in total. The van der Waals surface area contributed by atoms with Crippen molar-refractivity contribution in [3.05, 3.63) is 53.6 Å². The normalized spacial score (nSPS) is 11.2. The van der Waals surface area contributed by atoms with Gasteiger partial charge in [-0.15, -0.1) is 0 Å². The molecule has 0 saturated heterocycles. The molecular weight excluding hydrogens is 304 g/mol. The number of amides is 1. The first-order valence-electron chi connectivity index (χ1n) is 7.60. The number of hydrogen-bond acceptors (Lipinski definition) is 4. The number of nitrogens with zero attached hydrogens (tertiary/aromatic N) is 1. The van der Waals surface area contributed by atoms with Gasteiger partial charge in [0, 0.05) is 12.5 Å². The molecule has 5 heteroatoms. The van der Waals surface area contributed by atoms with Gasteiger partial charge in [0.1, 0.15) is 17.6 Å². The van der Waals surface area contributed by atoms with Crippen molar-refractivity contribution in [2.75, 3.05) is 19.5 Å². The number of rotatable bonds is 6. The molecular formula is C19H20N2O3. The number of methoxy groups -OCH3 is 2. The van der Waals surface area contributed by atoms with Crippen LogP contribution in [0.5, 0.6) is 11.5 Å². The molecule has 1 unspecified atom stereocenters. The van der Waals surface area contributed by atoms with Gasteiger partial charge in [-0.05, 0) is 29.7 Å². The molecule has 5 nitrogen and oxygen atoms in total. The predicted octanol–water partition coefficient (Wildman–Crippen LogP) is 3.71. The molecule has 2 aromatic rings. The fourth-order valence-corrected chi connectivity index (χ4v) is 2.50. The van der Waals surface area contributed by atoms with Gasteiger partial charge in [0.15, 0.2) is 0 Å². The Labute approximate surface area is 141 Å². The summed E-state index contributed by atoms with van der Waals surface area (Å²) in [5.41, 5.74) is 1.90. The third-order valence-electron chi connectivity index (χ3n) is 3.78. The van der Waals surface area contributed by atoms with Crippen LogP contribution in [0.1, 0.15) is 30.4 Å². The number of anilines is 1. The van der Waals surface area contributed by atoms with Crippen LogP contribution in [0.25, 0.3) is 0 Å². The van der Waals surface area contributed by atoms with Crippen molar-refractivity contribution in [2.45, 2.75) is 19.3 Å². The van der Waals surface area contributed by atoms with Crippen LogP contribution in [0.2, 0.25) is 0 Å². The van der Waals surface area contributed by atoms with Crippen LogP contribution in [0.3, 0.4) is 0 Å². The Morgan fingerprint density at radius 1 is 1.21 bits per heavy atom. The highest BCUT2D eigenvalue weighted by atomic mass is 16.5. The van der Waals surface area contributed by atoms with E-state index in [2.05, 4.69) is 11.4 Å². The summed E-state index contributed by atoms with van der Waals surface area (Å²) < 4.78 is 10.6. The van der Waals surface area contributed by atoms with Gasteiger partial charge < -0.3 is 14.8 Å². The van der Waals surface area contributed by atoms with Crippen molar-refractivity contribution < 1.29 is 14.3 Å². The SMILES string of the molecule is COc1ccc(C(C)CC(=O)Nc2ccccc2C#N)c(OC)c1. The van der Waals surface area contributed by atoms with E-state index in [1.807, 2.05) is 19.1 Å².